The number of aromatic nitrogens is 3. The number of amides is 1. The summed E-state index contributed by atoms with van der Waals surface area (Å²) >= 11 is 1.38. The highest BCUT2D eigenvalue weighted by Crippen LogP contribution is 2.27. The van der Waals surface area contributed by atoms with E-state index in [9.17, 15) is 4.79 Å². The smallest absolute Gasteiger partial charge is 0.234 e. The van der Waals surface area contributed by atoms with Crippen molar-refractivity contribution in [2.24, 2.45) is 0 Å². The Hall–Kier alpha value is -2.80. The van der Waals surface area contributed by atoms with Gasteiger partial charge < -0.3 is 14.6 Å². The van der Waals surface area contributed by atoms with Crippen LogP contribution in [0, 0.1) is 13.8 Å². The average Bonchev–Trinajstić information content (AvgIpc) is 3.13. The van der Waals surface area contributed by atoms with Crippen molar-refractivity contribution in [3.05, 3.63) is 53.6 Å². The van der Waals surface area contributed by atoms with Gasteiger partial charge in [0.25, 0.3) is 0 Å². The summed E-state index contributed by atoms with van der Waals surface area (Å²) in [6.07, 6.45) is 0. The summed E-state index contributed by atoms with van der Waals surface area (Å²) in [4.78, 5) is 12.4. The van der Waals surface area contributed by atoms with Crippen molar-refractivity contribution in [3.8, 4) is 17.1 Å². The van der Waals surface area contributed by atoms with Gasteiger partial charge in [-0.05, 0) is 50.1 Å². The maximum Gasteiger partial charge on any atom is 0.234 e. The number of hydrogen-bond acceptors (Lipinski definition) is 5. The van der Waals surface area contributed by atoms with Gasteiger partial charge in [-0.15, -0.1) is 10.2 Å². The fourth-order valence-corrected chi connectivity index (χ4v) is 3.66. The van der Waals surface area contributed by atoms with E-state index in [0.717, 1.165) is 39.1 Å². The number of benzene rings is 2. The van der Waals surface area contributed by atoms with E-state index in [1.54, 1.807) is 7.11 Å². The first kappa shape index (κ1) is 19.9. The molecule has 7 heteroatoms. The van der Waals surface area contributed by atoms with Gasteiger partial charge in [-0.25, -0.2) is 0 Å². The van der Waals surface area contributed by atoms with E-state index in [1.807, 2.05) is 67.8 Å². The molecule has 0 radical (unpaired) electrons. The van der Waals surface area contributed by atoms with E-state index in [4.69, 9.17) is 4.74 Å². The van der Waals surface area contributed by atoms with Crippen LogP contribution in [0.2, 0.25) is 0 Å². The number of methoxy groups -OCH3 is 1. The predicted molar refractivity (Wildman–Crippen MR) is 113 cm³/mol. The van der Waals surface area contributed by atoms with Crippen LogP contribution in [0.4, 0.5) is 5.69 Å². The van der Waals surface area contributed by atoms with Crippen LogP contribution in [0.1, 0.15) is 18.1 Å². The van der Waals surface area contributed by atoms with Crippen LogP contribution in [0.3, 0.4) is 0 Å². The van der Waals surface area contributed by atoms with Crippen molar-refractivity contribution in [2.45, 2.75) is 32.5 Å². The molecule has 28 heavy (non-hydrogen) atoms. The Morgan fingerprint density at radius 3 is 2.71 bits per heavy atom. The summed E-state index contributed by atoms with van der Waals surface area (Å²) < 4.78 is 7.30. The first-order chi connectivity index (χ1) is 13.5. The number of ether oxygens (including phenoxy) is 1. The maximum absolute atomic E-state index is 12.4. The summed E-state index contributed by atoms with van der Waals surface area (Å²) in [5.41, 5.74) is 4.01. The Labute approximate surface area is 169 Å². The fraction of sp³-hybridized carbons (Fsp3) is 0.286. The number of hydrogen-bond donors (Lipinski definition) is 1. The molecule has 3 aromatic rings. The number of nitrogens with one attached hydrogen (secondary N) is 1. The van der Waals surface area contributed by atoms with Gasteiger partial charge in [0.2, 0.25) is 5.91 Å². The standard InChI is InChI=1S/C21H24N4O2S/c1-5-25-20(16-9-7-10-17(12-16)27-4)23-24-21(25)28-13-19(26)22-18-11-6-8-14(2)15(18)3/h6-12H,5,13H2,1-4H3,(H,22,26). The third-order valence-electron chi connectivity index (χ3n) is 4.57. The highest BCUT2D eigenvalue weighted by Gasteiger charge is 2.15. The first-order valence-corrected chi connectivity index (χ1v) is 10.1. The van der Waals surface area contributed by atoms with E-state index in [0.29, 0.717) is 6.54 Å². The van der Waals surface area contributed by atoms with Crippen molar-refractivity contribution in [1.82, 2.24) is 14.8 Å². The van der Waals surface area contributed by atoms with Crippen LogP contribution < -0.4 is 10.1 Å². The van der Waals surface area contributed by atoms with Crippen molar-refractivity contribution in [2.75, 3.05) is 18.2 Å². The molecule has 0 aliphatic carbocycles. The molecular weight excluding hydrogens is 372 g/mol. The molecule has 1 amide bonds. The van der Waals surface area contributed by atoms with Crippen LogP contribution in [0.25, 0.3) is 11.4 Å². The number of aryl methyl sites for hydroxylation is 1. The van der Waals surface area contributed by atoms with E-state index in [2.05, 4.69) is 15.5 Å². The Bertz CT molecular complexity index is 984. The normalized spacial score (nSPS) is 10.7. The second-order valence-electron chi connectivity index (χ2n) is 6.37. The second-order valence-corrected chi connectivity index (χ2v) is 7.31. The Morgan fingerprint density at radius 1 is 1.18 bits per heavy atom. The average molecular weight is 397 g/mol. The molecular formula is C21H24N4O2S. The van der Waals surface area contributed by atoms with Gasteiger partial charge >= 0.3 is 0 Å². The van der Waals surface area contributed by atoms with Crippen molar-refractivity contribution in [1.29, 1.82) is 0 Å². The van der Waals surface area contributed by atoms with Crippen molar-refractivity contribution >= 4 is 23.4 Å². The quantitative estimate of drug-likeness (QED) is 0.602. The molecule has 0 aliphatic heterocycles. The van der Waals surface area contributed by atoms with Crippen LogP contribution in [0.5, 0.6) is 5.75 Å². The molecule has 0 atom stereocenters. The molecule has 0 spiro atoms. The van der Waals surface area contributed by atoms with Gasteiger partial charge in [0.05, 0.1) is 12.9 Å². The lowest BCUT2D eigenvalue weighted by Gasteiger charge is -2.11. The second kappa shape index (κ2) is 8.93. The first-order valence-electron chi connectivity index (χ1n) is 9.10. The monoisotopic (exact) mass is 396 g/mol. The molecule has 0 fully saturated rings. The molecule has 0 saturated heterocycles. The number of carbonyl (C=O) groups excluding carboxylic acids is 1. The lowest BCUT2D eigenvalue weighted by atomic mass is 10.1. The zero-order chi connectivity index (χ0) is 20.1. The third kappa shape index (κ3) is 4.36. The molecule has 0 unspecified atom stereocenters. The molecule has 6 nitrogen and oxygen atoms in total. The lowest BCUT2D eigenvalue weighted by Crippen LogP contribution is -2.15. The summed E-state index contributed by atoms with van der Waals surface area (Å²) in [6.45, 7) is 6.78. The van der Waals surface area contributed by atoms with Gasteiger partial charge in [-0.2, -0.15) is 0 Å². The van der Waals surface area contributed by atoms with Gasteiger partial charge in [-0.3, -0.25) is 4.79 Å². The molecule has 1 aromatic heterocycles. The minimum absolute atomic E-state index is 0.0627. The number of thioether (sulfide) groups is 1. The molecule has 0 aliphatic rings. The molecule has 0 saturated carbocycles. The minimum Gasteiger partial charge on any atom is -0.497 e. The van der Waals surface area contributed by atoms with Crippen LogP contribution in [0.15, 0.2) is 47.6 Å². The van der Waals surface area contributed by atoms with E-state index < -0.39 is 0 Å². The van der Waals surface area contributed by atoms with Gasteiger partial charge in [-0.1, -0.05) is 36.0 Å². The van der Waals surface area contributed by atoms with E-state index in [-0.39, 0.29) is 11.7 Å². The van der Waals surface area contributed by atoms with E-state index >= 15 is 0 Å². The molecule has 146 valence electrons. The number of anilines is 1. The highest BCUT2D eigenvalue weighted by atomic mass is 32.2. The molecule has 1 heterocycles. The summed E-state index contributed by atoms with van der Waals surface area (Å²) in [6, 6.07) is 13.6. The number of carbonyl (C=O) groups is 1. The molecule has 0 bridgehead atoms. The Morgan fingerprint density at radius 2 is 1.96 bits per heavy atom. The maximum atomic E-state index is 12.4. The Kier molecular flexibility index (Phi) is 6.36. The molecule has 2 aromatic carbocycles. The lowest BCUT2D eigenvalue weighted by molar-refractivity contribution is -0.113. The molecule has 1 N–H and O–H groups in total. The van der Waals surface area contributed by atoms with Gasteiger partial charge in [0.15, 0.2) is 11.0 Å². The Balaban J connectivity index is 1.72. The van der Waals surface area contributed by atoms with Crippen molar-refractivity contribution in [3.63, 3.8) is 0 Å². The SMILES string of the molecule is CCn1c(SCC(=O)Nc2cccc(C)c2C)nnc1-c1cccc(OC)c1. The zero-order valence-corrected chi connectivity index (χ0v) is 17.3. The van der Waals surface area contributed by atoms with Crippen LogP contribution >= 0.6 is 11.8 Å². The summed E-state index contributed by atoms with van der Waals surface area (Å²) in [7, 11) is 1.64. The minimum atomic E-state index is -0.0627. The molecule has 3 rings (SSSR count). The number of rotatable bonds is 7. The fourth-order valence-electron chi connectivity index (χ4n) is 2.86. The largest absolute Gasteiger partial charge is 0.497 e. The zero-order valence-electron chi connectivity index (χ0n) is 16.5. The van der Waals surface area contributed by atoms with E-state index in [1.165, 1.54) is 11.8 Å². The third-order valence-corrected chi connectivity index (χ3v) is 5.54. The summed E-state index contributed by atoms with van der Waals surface area (Å²) in [5.74, 6) is 1.74. The number of nitrogens with zero attached hydrogens (tertiary/aromatic N) is 3. The van der Waals surface area contributed by atoms with Crippen LogP contribution in [-0.4, -0.2) is 33.5 Å². The van der Waals surface area contributed by atoms with Crippen LogP contribution in [-0.2, 0) is 11.3 Å². The van der Waals surface area contributed by atoms with Gasteiger partial charge in [0, 0.05) is 17.8 Å². The van der Waals surface area contributed by atoms with Crippen molar-refractivity contribution < 1.29 is 9.53 Å². The summed E-state index contributed by atoms with van der Waals surface area (Å²) in [5, 5.41) is 12.3. The predicted octanol–water partition coefficient (Wildman–Crippen LogP) is 4.32. The van der Waals surface area contributed by atoms with Gasteiger partial charge in [0.1, 0.15) is 5.75 Å². The highest BCUT2D eigenvalue weighted by molar-refractivity contribution is 7.99. The topological polar surface area (TPSA) is 69.0 Å².